The van der Waals surface area contributed by atoms with Crippen LogP contribution in [0.1, 0.15) is 138 Å². The van der Waals surface area contributed by atoms with Gasteiger partial charge < -0.3 is 0 Å². The van der Waals surface area contributed by atoms with Gasteiger partial charge in [-0.3, -0.25) is 0 Å². The first-order valence-corrected chi connectivity index (χ1v) is 66.0. The Morgan fingerprint density at radius 3 is 0.453 bits per heavy atom. The van der Waals surface area contributed by atoms with Gasteiger partial charge in [-0.1, -0.05) is 60.7 Å². The first kappa shape index (κ1) is 102. The summed E-state index contributed by atoms with van der Waals surface area (Å²) < 4.78 is 14.3. The zero-order valence-corrected chi connectivity index (χ0v) is 104. The maximum atomic E-state index is 2.46. The van der Waals surface area contributed by atoms with Crippen molar-refractivity contribution in [2.45, 2.75) is 180 Å². The number of fused-ring (bicyclic) bond motifs is 10. The van der Waals surface area contributed by atoms with Crippen molar-refractivity contribution in [2.75, 3.05) is 0 Å². The molecule has 0 atom stereocenters. The first-order valence-electron chi connectivity index (χ1n) is 49.7. The second kappa shape index (κ2) is 40.5. The predicted molar refractivity (Wildman–Crippen MR) is 693 cm³/mol. The van der Waals surface area contributed by atoms with Crippen LogP contribution < -0.4 is 0 Å². The van der Waals surface area contributed by atoms with Gasteiger partial charge in [0.25, 0.3) is 0 Å². The lowest BCUT2D eigenvalue weighted by atomic mass is 9.93. The number of aryl methyl sites for hydroxylation is 26. The summed E-state index contributed by atoms with van der Waals surface area (Å²) >= 11 is 38.7. The van der Waals surface area contributed by atoms with Crippen molar-refractivity contribution in [1.29, 1.82) is 0 Å². The van der Waals surface area contributed by atoms with Crippen molar-refractivity contribution in [1.82, 2.24) is 0 Å². The lowest BCUT2D eigenvalue weighted by molar-refractivity contribution is 1.51. The molecule has 0 radical (unpaired) electrons. The van der Waals surface area contributed by atoms with Crippen LogP contribution in [0.15, 0.2) is 194 Å². The fourth-order valence-corrected chi connectivity index (χ4v) is 45.5. The van der Waals surface area contributed by atoms with Crippen LogP contribution in [-0.2, 0) is 0 Å². The van der Waals surface area contributed by atoms with Gasteiger partial charge in [-0.2, -0.15) is 0 Å². The van der Waals surface area contributed by atoms with Crippen LogP contribution in [0.5, 0.6) is 0 Å². The SMILES string of the molecule is Cc1cc(C)c(-c2cc3c(-c4ccccc4)c4sc(-c5sc(C)cc5C)cc4c(-c4ccccc4)c3s2)s1.Cc1cc(C)c(-c2cc3c(C)c4sc(-c5sc(C)cc5C)cc4c(C)c3s2)s1.Cc1cc(C)c(-c2cc3c(C)c4sc(-c5sc(C)cc5C)cc4c(C)c3s2)s1.Cc1cc(C)c(-c2cc3c(C)c4sc(-c5sc(C)cc5C)cc4c(C)c3s2)s1.Cc1cc(C)c(-c2cc3cc4sc(-c5sc(C)cc5C)cc4cc3s2)s1. The maximum absolute atomic E-state index is 2.46. The molecule has 0 saturated heterocycles. The number of hydrogen-bond acceptors (Lipinski definition) is 20. The molecule has 742 valence electrons. The van der Waals surface area contributed by atoms with Gasteiger partial charge in [0, 0.05) is 215 Å². The first-order chi connectivity index (χ1) is 70.9. The molecule has 27 rings (SSSR count). The summed E-state index contributed by atoms with van der Waals surface area (Å²) in [5.41, 5.74) is 27.9. The molecule has 20 heterocycles. The highest BCUT2D eigenvalue weighted by atomic mass is 32.2. The standard InChI is InChI=1S/C34H26S4.3C24H22S4.C22H18S4/c1-19-15-21(3)35-31(19)27-17-25-29(23-11-7-5-8-12-23)34-26(18-28(38-34)32-20(2)16-22(4)36-32)30(33(25)37-27)24-13-9-6-10-14-24;3*1-11-7-13(3)25-21(11)19-9-17-15(5)24-18(16(6)23(17)27-19)10-20(28-24)22-12(2)8-14(4)26-22;1-11-5-13(3)23-21(11)19-9-15-7-18-16(8-17(15)25-19)10-20(26-18)22-12(2)6-14(4)24-22/h5-18H,1-4H3;3*7-10H,1-6H3;5-10H,1-4H3. The second-order valence-electron chi connectivity index (χ2n) is 39.9. The largest absolute Gasteiger partial charge is 0.139 e. The highest BCUT2D eigenvalue weighted by Crippen LogP contribution is 2.59. The van der Waals surface area contributed by atoms with Crippen molar-refractivity contribution < 1.29 is 0 Å². The molecular weight excluding hydrogens is 2180 g/mol. The van der Waals surface area contributed by atoms with E-state index < -0.39 is 0 Å². The number of rotatable bonds is 12. The number of benzene rings is 7. The minimum absolute atomic E-state index is 1.29. The van der Waals surface area contributed by atoms with Gasteiger partial charge in [0.1, 0.15) is 0 Å². The summed E-state index contributed by atoms with van der Waals surface area (Å²) in [7, 11) is 0. The summed E-state index contributed by atoms with van der Waals surface area (Å²) in [6, 6.07) is 74.1. The summed E-state index contributed by atoms with van der Waals surface area (Å²) in [5.74, 6) is 0. The van der Waals surface area contributed by atoms with Crippen LogP contribution in [0.25, 0.3) is 221 Å². The third-order valence-corrected chi connectivity index (χ3v) is 53.6. The van der Waals surface area contributed by atoms with Gasteiger partial charge >= 0.3 is 0 Å². The van der Waals surface area contributed by atoms with E-state index in [0.717, 1.165) is 0 Å². The van der Waals surface area contributed by atoms with Gasteiger partial charge in [0.05, 0.1) is 0 Å². The van der Waals surface area contributed by atoms with Crippen LogP contribution in [0.2, 0.25) is 0 Å². The van der Waals surface area contributed by atoms with Crippen molar-refractivity contribution in [3.05, 3.63) is 332 Å². The lowest BCUT2D eigenvalue weighted by Gasteiger charge is -2.12. The molecular formula is C128H110S20. The summed E-state index contributed by atoms with van der Waals surface area (Å²) in [5, 5.41) is 14.1. The van der Waals surface area contributed by atoms with Crippen LogP contribution in [0, 0.1) is 180 Å². The van der Waals surface area contributed by atoms with Gasteiger partial charge in [0.15, 0.2) is 0 Å². The van der Waals surface area contributed by atoms with Crippen LogP contribution in [-0.4, -0.2) is 0 Å². The van der Waals surface area contributed by atoms with Gasteiger partial charge in [-0.15, -0.1) is 227 Å². The molecule has 0 nitrogen and oxygen atoms in total. The highest BCUT2D eigenvalue weighted by Gasteiger charge is 2.29. The van der Waals surface area contributed by atoms with E-state index in [1.807, 2.05) is 227 Å². The van der Waals surface area contributed by atoms with E-state index in [1.165, 1.54) is 358 Å². The van der Waals surface area contributed by atoms with Gasteiger partial charge in [0.2, 0.25) is 0 Å². The maximum Gasteiger partial charge on any atom is 0.0475 e. The van der Waals surface area contributed by atoms with E-state index in [1.54, 1.807) is 0 Å². The molecule has 0 saturated carbocycles. The summed E-state index contributed by atoms with van der Waals surface area (Å²) in [6.07, 6.45) is 0. The Hall–Kier alpha value is -8.86. The third-order valence-electron chi connectivity index (χ3n) is 28.2. The van der Waals surface area contributed by atoms with Crippen molar-refractivity contribution in [3.8, 4) is 120 Å². The molecule has 20 aromatic heterocycles. The van der Waals surface area contributed by atoms with Gasteiger partial charge in [-0.05, 0) is 457 Å². The van der Waals surface area contributed by atoms with E-state index in [2.05, 4.69) is 374 Å². The quantitative estimate of drug-likeness (QED) is 0.114. The number of thiophene rings is 20. The Morgan fingerprint density at radius 2 is 0.291 bits per heavy atom. The van der Waals surface area contributed by atoms with Gasteiger partial charge in [-0.25, -0.2) is 0 Å². The van der Waals surface area contributed by atoms with Crippen molar-refractivity contribution in [3.63, 3.8) is 0 Å². The average Bonchev–Trinajstić information content (AvgIpc) is 1.53. The van der Waals surface area contributed by atoms with Crippen molar-refractivity contribution in [2.24, 2.45) is 0 Å². The molecule has 0 fully saturated rings. The fraction of sp³-hybridized carbons (Fsp3) is 0.203. The topological polar surface area (TPSA) is 0 Å². The van der Waals surface area contributed by atoms with E-state index in [9.17, 15) is 0 Å². The molecule has 0 aliphatic heterocycles. The van der Waals surface area contributed by atoms with E-state index >= 15 is 0 Å². The molecule has 0 N–H and O–H groups in total. The Morgan fingerprint density at radius 1 is 0.135 bits per heavy atom. The summed E-state index contributed by atoms with van der Waals surface area (Å²) in [4.78, 5) is 42.2. The molecule has 0 aliphatic carbocycles. The normalized spacial score (nSPS) is 11.9. The summed E-state index contributed by atoms with van der Waals surface area (Å²) in [6.45, 7) is 58.2. The Labute approximate surface area is 947 Å². The molecule has 0 aliphatic rings. The second-order valence-corrected chi connectivity index (χ2v) is 63.0. The minimum atomic E-state index is 1.29. The van der Waals surface area contributed by atoms with Crippen molar-refractivity contribution >= 4 is 328 Å². The monoisotopic (exact) mass is 2290 g/mol. The van der Waals surface area contributed by atoms with Crippen LogP contribution in [0.3, 0.4) is 0 Å². The molecule has 27 aromatic rings. The zero-order chi connectivity index (χ0) is 103. The molecule has 0 bridgehead atoms. The van der Waals surface area contributed by atoms with E-state index in [4.69, 9.17) is 0 Å². The Bertz CT molecular complexity index is 8590. The Balaban J connectivity index is 0.000000102. The highest BCUT2D eigenvalue weighted by molar-refractivity contribution is 7.33. The third kappa shape index (κ3) is 18.9. The van der Waals surface area contributed by atoms with Crippen LogP contribution >= 0.6 is 227 Å². The molecule has 0 amide bonds. The lowest BCUT2D eigenvalue weighted by Crippen LogP contribution is -1.85. The predicted octanol–water partition coefficient (Wildman–Crippen LogP) is 49.2. The van der Waals surface area contributed by atoms with Crippen LogP contribution in [0.4, 0.5) is 0 Å². The van der Waals surface area contributed by atoms with E-state index in [0.29, 0.717) is 0 Å². The number of hydrogen-bond donors (Lipinski definition) is 0. The fourth-order valence-electron chi connectivity index (χ4n) is 21.5. The molecule has 20 heteroatoms. The molecule has 7 aromatic carbocycles. The Kier molecular flexibility index (Phi) is 28.0. The smallest absolute Gasteiger partial charge is 0.0475 e. The zero-order valence-electron chi connectivity index (χ0n) is 87.6. The average molecular weight is 2290 g/mol. The molecule has 0 unspecified atom stereocenters. The molecule has 0 spiro atoms. The molecule has 148 heavy (non-hydrogen) atoms. The minimum Gasteiger partial charge on any atom is -0.139 e. The van der Waals surface area contributed by atoms with E-state index in [-0.39, 0.29) is 0 Å².